The van der Waals surface area contributed by atoms with Crippen LogP contribution in [0.4, 0.5) is 0 Å². The molecule has 1 N–H and O–H groups in total. The number of hydrogen-bond acceptors (Lipinski definition) is 5. The summed E-state index contributed by atoms with van der Waals surface area (Å²) in [5, 5.41) is 19.5. The molecule has 23 heavy (non-hydrogen) atoms. The minimum absolute atomic E-state index is 0.583. The number of thioether (sulfide) groups is 1. The first-order valence-corrected chi connectivity index (χ1v) is 8.86. The molecule has 126 valence electrons. The van der Waals surface area contributed by atoms with Gasteiger partial charge in [-0.25, -0.2) is 0 Å². The molecular formula is C17H25N3O2S. The van der Waals surface area contributed by atoms with Crippen molar-refractivity contribution in [2.45, 2.75) is 50.9 Å². The van der Waals surface area contributed by atoms with Crippen LogP contribution in [0.25, 0.3) is 11.4 Å². The van der Waals surface area contributed by atoms with Crippen LogP contribution in [-0.2, 0) is 6.54 Å². The fraction of sp³-hybridized carbons (Fsp3) is 0.529. The van der Waals surface area contributed by atoms with E-state index in [1.165, 1.54) is 0 Å². The molecule has 1 heterocycles. The van der Waals surface area contributed by atoms with Crippen molar-refractivity contribution in [2.24, 2.45) is 0 Å². The zero-order valence-corrected chi connectivity index (χ0v) is 15.1. The zero-order chi connectivity index (χ0) is 16.9. The van der Waals surface area contributed by atoms with E-state index in [0.717, 1.165) is 41.7 Å². The summed E-state index contributed by atoms with van der Waals surface area (Å²) in [4.78, 5) is 0. The summed E-state index contributed by atoms with van der Waals surface area (Å²) < 4.78 is 7.35. The average molecular weight is 335 g/mol. The normalized spacial score (nSPS) is 11.7. The van der Waals surface area contributed by atoms with Crippen LogP contribution in [-0.4, -0.2) is 38.3 Å². The van der Waals surface area contributed by atoms with Gasteiger partial charge in [0.15, 0.2) is 11.0 Å². The molecular weight excluding hydrogens is 310 g/mol. The van der Waals surface area contributed by atoms with Gasteiger partial charge in [0.05, 0.1) is 12.7 Å². The Morgan fingerprint density at radius 3 is 2.48 bits per heavy atom. The van der Waals surface area contributed by atoms with Gasteiger partial charge in [0.1, 0.15) is 5.75 Å². The molecule has 0 aliphatic rings. The van der Waals surface area contributed by atoms with Crippen LogP contribution < -0.4 is 4.74 Å². The van der Waals surface area contributed by atoms with E-state index in [9.17, 15) is 5.11 Å². The molecule has 0 aliphatic heterocycles. The lowest BCUT2D eigenvalue weighted by atomic mass is 10.2. The third-order valence-electron chi connectivity index (χ3n) is 3.35. The van der Waals surface area contributed by atoms with Crippen molar-refractivity contribution in [3.63, 3.8) is 0 Å². The second-order valence-corrected chi connectivity index (χ2v) is 7.08. The number of methoxy groups -OCH3 is 1. The average Bonchev–Trinajstić information content (AvgIpc) is 2.93. The van der Waals surface area contributed by atoms with Crippen LogP contribution in [0.5, 0.6) is 5.75 Å². The van der Waals surface area contributed by atoms with E-state index in [2.05, 4.69) is 21.7 Å². The van der Waals surface area contributed by atoms with E-state index >= 15 is 0 Å². The molecule has 6 heteroatoms. The van der Waals surface area contributed by atoms with Gasteiger partial charge in [0.25, 0.3) is 0 Å². The minimum Gasteiger partial charge on any atom is -0.497 e. The molecule has 0 amide bonds. The first-order chi connectivity index (χ1) is 10.9. The molecule has 0 spiro atoms. The van der Waals surface area contributed by atoms with E-state index in [1.54, 1.807) is 32.7 Å². The van der Waals surface area contributed by atoms with E-state index in [1.807, 2.05) is 24.3 Å². The van der Waals surface area contributed by atoms with Gasteiger partial charge in [-0.2, -0.15) is 0 Å². The summed E-state index contributed by atoms with van der Waals surface area (Å²) in [6.07, 6.45) is 2.17. The fourth-order valence-electron chi connectivity index (χ4n) is 2.11. The van der Waals surface area contributed by atoms with Crippen molar-refractivity contribution < 1.29 is 9.84 Å². The van der Waals surface area contributed by atoms with Gasteiger partial charge in [-0.05, 0) is 44.5 Å². The van der Waals surface area contributed by atoms with Crippen molar-refractivity contribution in [1.82, 2.24) is 14.8 Å². The Labute approximate surface area is 142 Å². The molecule has 0 fully saturated rings. The highest BCUT2D eigenvalue weighted by Crippen LogP contribution is 2.27. The summed E-state index contributed by atoms with van der Waals surface area (Å²) >= 11 is 1.54. The first-order valence-electron chi connectivity index (χ1n) is 7.87. The molecule has 5 nitrogen and oxygen atoms in total. The molecule has 0 aliphatic carbocycles. The number of aliphatic hydroxyl groups is 1. The molecule has 0 atom stereocenters. The standard InChI is InChI=1S/C17H25N3O2S/c1-5-6-11-20-15(13-7-9-14(22-4)10-8-13)18-19-16(20)23-12-17(2,3)21/h7-10,21H,5-6,11-12H2,1-4H3. The number of benzene rings is 1. The van der Waals surface area contributed by atoms with Crippen molar-refractivity contribution in [2.75, 3.05) is 12.9 Å². The SMILES string of the molecule is CCCCn1c(SCC(C)(C)O)nnc1-c1ccc(OC)cc1. The Morgan fingerprint density at radius 1 is 1.22 bits per heavy atom. The van der Waals surface area contributed by atoms with Crippen LogP contribution in [0.15, 0.2) is 29.4 Å². The predicted molar refractivity (Wildman–Crippen MR) is 93.9 cm³/mol. The number of ether oxygens (including phenoxy) is 1. The Kier molecular flexibility index (Phi) is 6.07. The molecule has 0 saturated carbocycles. The largest absolute Gasteiger partial charge is 0.497 e. The first kappa shape index (κ1) is 17.8. The van der Waals surface area contributed by atoms with Crippen LogP contribution >= 0.6 is 11.8 Å². The fourth-order valence-corrected chi connectivity index (χ4v) is 3.02. The highest BCUT2D eigenvalue weighted by Gasteiger charge is 2.18. The molecule has 2 rings (SSSR count). The second-order valence-electron chi connectivity index (χ2n) is 6.14. The van der Waals surface area contributed by atoms with E-state index in [0.29, 0.717) is 5.75 Å². The van der Waals surface area contributed by atoms with Crippen LogP contribution in [0.2, 0.25) is 0 Å². The monoisotopic (exact) mass is 335 g/mol. The Hall–Kier alpha value is -1.53. The van der Waals surface area contributed by atoms with Gasteiger partial charge in [0.2, 0.25) is 0 Å². The Morgan fingerprint density at radius 2 is 1.91 bits per heavy atom. The number of nitrogens with zero attached hydrogens (tertiary/aromatic N) is 3. The van der Waals surface area contributed by atoms with E-state index in [-0.39, 0.29) is 0 Å². The van der Waals surface area contributed by atoms with Gasteiger partial charge < -0.3 is 14.4 Å². The zero-order valence-electron chi connectivity index (χ0n) is 14.2. The van der Waals surface area contributed by atoms with Crippen molar-refractivity contribution in [3.8, 4) is 17.1 Å². The molecule has 0 unspecified atom stereocenters. The molecule has 0 saturated heterocycles. The van der Waals surface area contributed by atoms with Crippen LogP contribution in [0, 0.1) is 0 Å². The maximum atomic E-state index is 9.94. The van der Waals surface area contributed by atoms with Crippen molar-refractivity contribution in [1.29, 1.82) is 0 Å². The summed E-state index contributed by atoms with van der Waals surface area (Å²) in [7, 11) is 1.66. The third-order valence-corrected chi connectivity index (χ3v) is 4.77. The highest BCUT2D eigenvalue weighted by molar-refractivity contribution is 7.99. The molecule has 1 aromatic carbocycles. The van der Waals surface area contributed by atoms with Crippen molar-refractivity contribution in [3.05, 3.63) is 24.3 Å². The Bertz CT molecular complexity index is 618. The van der Waals surface area contributed by atoms with Crippen LogP contribution in [0.3, 0.4) is 0 Å². The number of rotatable bonds is 8. The molecule has 2 aromatic rings. The van der Waals surface area contributed by atoms with Gasteiger partial charge >= 0.3 is 0 Å². The number of aromatic nitrogens is 3. The van der Waals surface area contributed by atoms with Crippen LogP contribution in [0.1, 0.15) is 33.6 Å². The smallest absolute Gasteiger partial charge is 0.191 e. The highest BCUT2D eigenvalue weighted by atomic mass is 32.2. The maximum Gasteiger partial charge on any atom is 0.191 e. The summed E-state index contributed by atoms with van der Waals surface area (Å²) in [6.45, 7) is 6.65. The molecule has 0 radical (unpaired) electrons. The van der Waals surface area contributed by atoms with Gasteiger partial charge in [0, 0.05) is 17.9 Å². The summed E-state index contributed by atoms with van der Waals surface area (Å²) in [6, 6.07) is 7.85. The topological polar surface area (TPSA) is 60.2 Å². The molecule has 0 bridgehead atoms. The lowest BCUT2D eigenvalue weighted by Crippen LogP contribution is -2.22. The predicted octanol–water partition coefficient (Wildman–Crippen LogP) is 3.62. The third kappa shape index (κ3) is 4.97. The quantitative estimate of drug-likeness (QED) is 0.747. The minimum atomic E-state index is -0.730. The van der Waals surface area contributed by atoms with E-state index < -0.39 is 5.60 Å². The molecule has 1 aromatic heterocycles. The van der Waals surface area contributed by atoms with E-state index in [4.69, 9.17) is 4.74 Å². The number of hydrogen-bond donors (Lipinski definition) is 1. The van der Waals surface area contributed by atoms with Crippen molar-refractivity contribution >= 4 is 11.8 Å². The second kappa shape index (κ2) is 7.84. The lowest BCUT2D eigenvalue weighted by molar-refractivity contribution is 0.107. The lowest BCUT2D eigenvalue weighted by Gasteiger charge is -2.16. The summed E-state index contributed by atoms with van der Waals surface area (Å²) in [5.41, 5.74) is 0.288. The van der Waals surface area contributed by atoms with Gasteiger partial charge in [-0.1, -0.05) is 25.1 Å². The maximum absolute atomic E-state index is 9.94. The Balaban J connectivity index is 2.28. The number of unbranched alkanes of at least 4 members (excludes halogenated alkanes) is 1. The summed E-state index contributed by atoms with van der Waals surface area (Å²) in [5.74, 6) is 2.27. The van der Waals surface area contributed by atoms with Gasteiger partial charge in [-0.15, -0.1) is 10.2 Å². The van der Waals surface area contributed by atoms with Gasteiger partial charge in [-0.3, -0.25) is 0 Å².